The van der Waals surface area contributed by atoms with E-state index in [1.165, 1.54) is 11.5 Å². The van der Waals surface area contributed by atoms with E-state index in [-0.39, 0.29) is 11.2 Å². The summed E-state index contributed by atoms with van der Waals surface area (Å²) in [4.78, 5) is 2.29. The number of rotatable bonds is 7. The fourth-order valence-corrected chi connectivity index (χ4v) is 3.17. The number of nitrogens with one attached hydrogen (secondary N) is 1. The van der Waals surface area contributed by atoms with Crippen LogP contribution in [0.5, 0.6) is 0 Å². The van der Waals surface area contributed by atoms with Gasteiger partial charge in [-0.2, -0.15) is 9.64 Å². The molecule has 0 saturated heterocycles. The van der Waals surface area contributed by atoms with Crippen LogP contribution in [-0.2, 0) is 0 Å². The van der Waals surface area contributed by atoms with Crippen molar-refractivity contribution in [2.24, 2.45) is 0 Å². The zero-order chi connectivity index (χ0) is 15.2. The van der Waals surface area contributed by atoms with E-state index in [4.69, 9.17) is 21.3 Å². The second kappa shape index (κ2) is 7.46. The maximum absolute atomic E-state index is 9.10. The molecule has 7 heteroatoms. The van der Waals surface area contributed by atoms with E-state index in [1.54, 1.807) is 6.26 Å². The van der Waals surface area contributed by atoms with Gasteiger partial charge in [0.2, 0.25) is 0 Å². The lowest BCUT2D eigenvalue weighted by atomic mass is 10.2. The molecule has 5 nitrogen and oxygen atoms in total. The minimum Gasteiger partial charge on any atom is -0.468 e. The van der Waals surface area contributed by atoms with Crippen molar-refractivity contribution in [2.45, 2.75) is 19.9 Å². The topological polar surface area (TPSA) is 65.1 Å². The second-order valence-corrected chi connectivity index (χ2v) is 5.55. The fraction of sp³-hybridized carbons (Fsp3) is 0.429. The number of aromatic nitrogens is 1. The second-order valence-electron chi connectivity index (χ2n) is 4.42. The largest absolute Gasteiger partial charge is 0.468 e. The third-order valence-electron chi connectivity index (χ3n) is 3.34. The normalized spacial score (nSPS) is 12.3. The number of hydrogen-bond acceptors (Lipinski definition) is 6. The first kappa shape index (κ1) is 15.8. The maximum atomic E-state index is 9.10. The number of likely N-dealkylation sites (N-methyl/N-ethyl adjacent to an activating group) is 1. The molecule has 0 bridgehead atoms. The number of nitriles is 1. The summed E-state index contributed by atoms with van der Waals surface area (Å²) in [5, 5.41) is 13.3. The summed E-state index contributed by atoms with van der Waals surface area (Å²) in [5.41, 5.74) is 0.402. The van der Waals surface area contributed by atoms with Crippen LogP contribution in [0.15, 0.2) is 22.8 Å². The Balaban J connectivity index is 2.14. The van der Waals surface area contributed by atoms with Crippen molar-refractivity contribution < 1.29 is 4.42 Å². The zero-order valence-corrected chi connectivity index (χ0v) is 13.5. The monoisotopic (exact) mass is 324 g/mol. The third-order valence-corrected chi connectivity index (χ3v) is 4.52. The molecule has 0 amide bonds. The number of furan rings is 1. The Morgan fingerprint density at radius 2 is 2.29 bits per heavy atom. The summed E-state index contributed by atoms with van der Waals surface area (Å²) in [7, 11) is 0. The van der Waals surface area contributed by atoms with Gasteiger partial charge >= 0.3 is 0 Å². The predicted octanol–water partition coefficient (Wildman–Crippen LogP) is 3.76. The van der Waals surface area contributed by atoms with E-state index in [1.807, 2.05) is 12.1 Å². The highest BCUT2D eigenvalue weighted by molar-refractivity contribution is 7.10. The molecule has 2 heterocycles. The van der Waals surface area contributed by atoms with Crippen molar-refractivity contribution in [2.75, 3.05) is 25.0 Å². The summed E-state index contributed by atoms with van der Waals surface area (Å²) >= 11 is 7.09. The lowest BCUT2D eigenvalue weighted by molar-refractivity contribution is 0.202. The van der Waals surface area contributed by atoms with Crippen LogP contribution < -0.4 is 5.32 Å². The van der Waals surface area contributed by atoms with E-state index in [0.29, 0.717) is 17.1 Å². The van der Waals surface area contributed by atoms with Crippen LogP contribution in [0.3, 0.4) is 0 Å². The quantitative estimate of drug-likeness (QED) is 0.840. The highest BCUT2D eigenvalue weighted by Gasteiger charge is 2.21. The van der Waals surface area contributed by atoms with E-state index >= 15 is 0 Å². The summed E-state index contributed by atoms with van der Waals surface area (Å²) in [6.07, 6.45) is 1.68. The number of nitrogens with zero attached hydrogens (tertiary/aromatic N) is 3. The molecule has 1 atom stereocenters. The van der Waals surface area contributed by atoms with Gasteiger partial charge in [-0.25, -0.2) is 0 Å². The number of halogens is 1. The molecular weight excluding hydrogens is 308 g/mol. The number of anilines is 1. The van der Waals surface area contributed by atoms with Crippen LogP contribution in [0.25, 0.3) is 0 Å². The van der Waals surface area contributed by atoms with Crippen molar-refractivity contribution in [3.63, 3.8) is 0 Å². The zero-order valence-electron chi connectivity index (χ0n) is 12.0. The first-order chi connectivity index (χ1) is 10.2. The van der Waals surface area contributed by atoms with E-state index in [0.717, 1.165) is 18.8 Å². The molecule has 1 unspecified atom stereocenters. The summed E-state index contributed by atoms with van der Waals surface area (Å²) < 4.78 is 9.54. The minimum absolute atomic E-state index is 0.0995. The van der Waals surface area contributed by atoms with E-state index in [9.17, 15) is 0 Å². The fourth-order valence-electron chi connectivity index (χ4n) is 2.23. The van der Waals surface area contributed by atoms with Gasteiger partial charge < -0.3 is 9.73 Å². The van der Waals surface area contributed by atoms with Gasteiger partial charge in [0.05, 0.1) is 12.3 Å². The van der Waals surface area contributed by atoms with Gasteiger partial charge in [0.25, 0.3) is 0 Å². The Morgan fingerprint density at radius 1 is 1.52 bits per heavy atom. The number of hydrogen-bond donors (Lipinski definition) is 1. The van der Waals surface area contributed by atoms with Crippen LogP contribution in [-0.4, -0.2) is 28.9 Å². The molecule has 2 aromatic heterocycles. The van der Waals surface area contributed by atoms with Gasteiger partial charge in [0.1, 0.15) is 22.4 Å². The lowest BCUT2D eigenvalue weighted by Crippen LogP contribution is -2.32. The summed E-state index contributed by atoms with van der Waals surface area (Å²) in [6.45, 7) is 6.69. The molecule has 21 heavy (non-hydrogen) atoms. The molecule has 0 aliphatic carbocycles. The SMILES string of the molecule is CCN(CC)C(CNc1snc(Cl)c1C#N)c1ccco1. The van der Waals surface area contributed by atoms with Gasteiger partial charge in [-0.05, 0) is 36.8 Å². The van der Waals surface area contributed by atoms with Crippen molar-refractivity contribution in [3.05, 3.63) is 34.9 Å². The molecule has 0 spiro atoms. The lowest BCUT2D eigenvalue weighted by Gasteiger charge is -2.28. The van der Waals surface area contributed by atoms with Crippen molar-refractivity contribution >= 4 is 28.1 Å². The average Bonchev–Trinajstić information content (AvgIpc) is 3.13. The van der Waals surface area contributed by atoms with E-state index in [2.05, 4.69) is 34.5 Å². The highest BCUT2D eigenvalue weighted by atomic mass is 35.5. The third kappa shape index (κ3) is 3.56. The van der Waals surface area contributed by atoms with E-state index < -0.39 is 0 Å². The maximum Gasteiger partial charge on any atom is 0.162 e. The molecule has 0 aliphatic rings. The molecule has 0 saturated carbocycles. The van der Waals surface area contributed by atoms with Crippen LogP contribution in [0.4, 0.5) is 5.00 Å². The summed E-state index contributed by atoms with van der Waals surface area (Å²) in [6, 6.07) is 6.03. The van der Waals surface area contributed by atoms with Crippen LogP contribution in [0.2, 0.25) is 5.15 Å². The molecule has 0 aromatic carbocycles. The average molecular weight is 325 g/mol. The first-order valence-electron chi connectivity index (χ1n) is 6.77. The van der Waals surface area contributed by atoms with Gasteiger partial charge in [0.15, 0.2) is 5.15 Å². The van der Waals surface area contributed by atoms with Crippen molar-refractivity contribution in [3.8, 4) is 6.07 Å². The molecule has 0 radical (unpaired) electrons. The van der Waals surface area contributed by atoms with Crippen LogP contribution in [0.1, 0.15) is 31.2 Å². The Hall–Kier alpha value is -1.55. The Morgan fingerprint density at radius 3 is 2.86 bits per heavy atom. The standard InChI is InChI=1S/C14H17ClN4OS/c1-3-19(4-2)11(12-6-5-7-20-12)9-17-14-10(8-16)13(15)18-21-14/h5-7,11,17H,3-4,9H2,1-2H3. The molecule has 112 valence electrons. The van der Waals surface area contributed by atoms with Crippen molar-refractivity contribution in [1.82, 2.24) is 9.27 Å². The molecule has 2 aromatic rings. The van der Waals surface area contributed by atoms with Gasteiger partial charge in [-0.1, -0.05) is 25.4 Å². The van der Waals surface area contributed by atoms with Gasteiger partial charge in [-0.3, -0.25) is 4.90 Å². The Labute approximate surface area is 133 Å². The Bertz CT molecular complexity index is 601. The molecule has 2 rings (SSSR count). The van der Waals surface area contributed by atoms with Crippen LogP contribution in [0, 0.1) is 11.3 Å². The molecule has 0 aliphatic heterocycles. The minimum atomic E-state index is 0.0995. The first-order valence-corrected chi connectivity index (χ1v) is 7.92. The predicted molar refractivity (Wildman–Crippen MR) is 84.7 cm³/mol. The van der Waals surface area contributed by atoms with Gasteiger partial charge in [-0.15, -0.1) is 0 Å². The molecule has 0 fully saturated rings. The van der Waals surface area contributed by atoms with Crippen LogP contribution >= 0.6 is 23.1 Å². The molecular formula is C14H17ClN4OS. The smallest absolute Gasteiger partial charge is 0.162 e. The van der Waals surface area contributed by atoms with Gasteiger partial charge in [0, 0.05) is 6.54 Å². The molecule has 1 N–H and O–H groups in total. The van der Waals surface area contributed by atoms with Crippen molar-refractivity contribution in [1.29, 1.82) is 5.26 Å². The highest BCUT2D eigenvalue weighted by Crippen LogP contribution is 2.29. The summed E-state index contributed by atoms with van der Waals surface area (Å²) in [5.74, 6) is 0.903. The Kier molecular flexibility index (Phi) is 5.62.